The fraction of sp³-hybridized carbons (Fsp3) is 0. The van der Waals surface area contributed by atoms with E-state index in [1.165, 1.54) is 0 Å². The van der Waals surface area contributed by atoms with Gasteiger partial charge in [-0.2, -0.15) is 0 Å². The quantitative estimate of drug-likeness (QED) is 0.374. The van der Waals surface area contributed by atoms with Crippen LogP contribution in [0.25, 0.3) is 0 Å². The minimum absolute atomic E-state index is 0.204. The van der Waals surface area contributed by atoms with Gasteiger partial charge in [0.1, 0.15) is 23.0 Å². The lowest BCUT2D eigenvalue weighted by atomic mass is 9.84. The lowest BCUT2D eigenvalue weighted by Crippen LogP contribution is -2.20. The molecule has 144 valence electrons. The number of ether oxygens (including phenoxy) is 2. The van der Waals surface area contributed by atoms with Gasteiger partial charge in [-0.15, -0.1) is 0 Å². The summed E-state index contributed by atoms with van der Waals surface area (Å²) in [6.07, 6.45) is 0. The van der Waals surface area contributed by atoms with Crippen molar-refractivity contribution in [2.24, 2.45) is 0 Å². The molecule has 4 aromatic carbocycles. The van der Waals surface area contributed by atoms with Gasteiger partial charge in [0.25, 0.3) is 0 Å². The predicted octanol–water partition coefficient (Wildman–Crippen LogP) is 6.05. The van der Waals surface area contributed by atoms with E-state index in [0.717, 1.165) is 0 Å². The zero-order chi connectivity index (χ0) is 20.5. The molecule has 0 heterocycles. The Morgan fingerprint density at radius 3 is 1.20 bits per heavy atom. The molecule has 0 saturated carbocycles. The molecular formula is C26H16O4. The smallest absolute Gasteiger partial charge is 0.194 e. The molecule has 0 N–H and O–H groups in total. The van der Waals surface area contributed by atoms with Crippen LogP contribution >= 0.6 is 0 Å². The molecule has 0 aliphatic heterocycles. The Hall–Kier alpha value is -4.18. The van der Waals surface area contributed by atoms with E-state index < -0.39 is 0 Å². The molecule has 4 aromatic rings. The molecule has 30 heavy (non-hydrogen) atoms. The number of fused-ring (bicyclic) bond motifs is 2. The van der Waals surface area contributed by atoms with E-state index in [-0.39, 0.29) is 11.6 Å². The van der Waals surface area contributed by atoms with Crippen LogP contribution in [0.1, 0.15) is 31.8 Å². The molecule has 0 radical (unpaired) electrons. The van der Waals surface area contributed by atoms with Crippen molar-refractivity contribution in [1.82, 2.24) is 0 Å². The van der Waals surface area contributed by atoms with Crippen LogP contribution in [0.5, 0.6) is 23.0 Å². The Morgan fingerprint density at radius 1 is 0.400 bits per heavy atom. The van der Waals surface area contributed by atoms with E-state index >= 15 is 0 Å². The summed E-state index contributed by atoms with van der Waals surface area (Å²) in [6, 6.07) is 28.5. The molecule has 1 aliphatic rings. The first kappa shape index (κ1) is 17.9. The average molecular weight is 392 g/mol. The van der Waals surface area contributed by atoms with E-state index in [4.69, 9.17) is 9.47 Å². The van der Waals surface area contributed by atoms with Gasteiger partial charge < -0.3 is 9.47 Å². The van der Waals surface area contributed by atoms with Gasteiger partial charge in [0.15, 0.2) is 11.6 Å². The fourth-order valence-corrected chi connectivity index (χ4v) is 3.48. The van der Waals surface area contributed by atoms with Crippen LogP contribution < -0.4 is 9.47 Å². The molecule has 0 aromatic heterocycles. The maximum absolute atomic E-state index is 13.1. The third-order valence-electron chi connectivity index (χ3n) is 4.92. The van der Waals surface area contributed by atoms with Crippen LogP contribution in [-0.2, 0) is 0 Å². The standard InChI is InChI=1S/C26H16O4/c27-25-22-14-12-20(30-18-9-5-2-6-10-18)16-24(22)26(28)21-13-11-19(15-23(21)25)29-17-7-3-1-4-8-17/h1-16H. The second-order valence-electron chi connectivity index (χ2n) is 6.90. The van der Waals surface area contributed by atoms with Crippen molar-refractivity contribution < 1.29 is 19.1 Å². The van der Waals surface area contributed by atoms with E-state index in [1.54, 1.807) is 36.4 Å². The van der Waals surface area contributed by atoms with Crippen molar-refractivity contribution in [3.8, 4) is 23.0 Å². The summed E-state index contributed by atoms with van der Waals surface area (Å²) >= 11 is 0. The van der Waals surface area contributed by atoms with E-state index in [2.05, 4.69) is 0 Å². The fourth-order valence-electron chi connectivity index (χ4n) is 3.48. The first-order valence-corrected chi connectivity index (χ1v) is 9.52. The van der Waals surface area contributed by atoms with Gasteiger partial charge in [0.2, 0.25) is 0 Å². The van der Waals surface area contributed by atoms with Gasteiger partial charge in [-0.1, -0.05) is 36.4 Å². The number of carbonyl (C=O) groups excluding carboxylic acids is 2. The van der Waals surface area contributed by atoms with Crippen LogP contribution in [0.15, 0.2) is 97.1 Å². The van der Waals surface area contributed by atoms with Crippen molar-refractivity contribution in [2.75, 3.05) is 0 Å². The summed E-state index contributed by atoms with van der Waals surface area (Å²) in [6.45, 7) is 0. The molecule has 0 fully saturated rings. The van der Waals surface area contributed by atoms with Crippen molar-refractivity contribution >= 4 is 11.6 Å². The van der Waals surface area contributed by atoms with Crippen molar-refractivity contribution in [1.29, 1.82) is 0 Å². The van der Waals surface area contributed by atoms with Crippen molar-refractivity contribution in [3.05, 3.63) is 119 Å². The number of ketones is 2. The first-order chi connectivity index (χ1) is 14.7. The number of carbonyl (C=O) groups is 2. The lowest BCUT2D eigenvalue weighted by molar-refractivity contribution is 0.0978. The monoisotopic (exact) mass is 392 g/mol. The lowest BCUT2D eigenvalue weighted by Gasteiger charge is -2.19. The minimum Gasteiger partial charge on any atom is -0.457 e. The maximum Gasteiger partial charge on any atom is 0.194 e. The Morgan fingerprint density at radius 2 is 0.800 bits per heavy atom. The Labute approximate surface area is 173 Å². The minimum atomic E-state index is -0.204. The highest BCUT2D eigenvalue weighted by Crippen LogP contribution is 2.34. The molecule has 0 bridgehead atoms. The van der Waals surface area contributed by atoms with Crippen molar-refractivity contribution in [2.45, 2.75) is 0 Å². The summed E-state index contributed by atoms with van der Waals surface area (Å²) in [5, 5.41) is 0. The number of hydrogen-bond acceptors (Lipinski definition) is 4. The summed E-state index contributed by atoms with van der Waals surface area (Å²) in [4.78, 5) is 26.2. The first-order valence-electron chi connectivity index (χ1n) is 9.52. The molecule has 0 atom stereocenters. The highest BCUT2D eigenvalue weighted by Gasteiger charge is 2.30. The van der Waals surface area contributed by atoms with Gasteiger partial charge in [-0.05, 0) is 60.7 Å². The SMILES string of the molecule is O=C1c2ccc(Oc3ccccc3)cc2C(=O)c2ccc(Oc3ccccc3)cc21. The summed E-state index contributed by atoms with van der Waals surface area (Å²) < 4.78 is 11.6. The number of hydrogen-bond donors (Lipinski definition) is 0. The highest BCUT2D eigenvalue weighted by atomic mass is 16.5. The largest absolute Gasteiger partial charge is 0.457 e. The molecule has 4 heteroatoms. The maximum atomic E-state index is 13.1. The second kappa shape index (κ2) is 7.33. The molecule has 0 unspecified atom stereocenters. The molecule has 0 saturated heterocycles. The van der Waals surface area contributed by atoms with Crippen LogP contribution in [0.3, 0.4) is 0 Å². The number of rotatable bonds is 4. The number of para-hydroxylation sites is 2. The molecule has 0 spiro atoms. The van der Waals surface area contributed by atoms with Gasteiger partial charge in [0.05, 0.1) is 0 Å². The second-order valence-corrected chi connectivity index (χ2v) is 6.90. The zero-order valence-corrected chi connectivity index (χ0v) is 15.9. The predicted molar refractivity (Wildman–Crippen MR) is 113 cm³/mol. The molecule has 4 nitrogen and oxygen atoms in total. The third kappa shape index (κ3) is 3.25. The van der Waals surface area contributed by atoms with Gasteiger partial charge in [0, 0.05) is 22.3 Å². The average Bonchev–Trinajstić information content (AvgIpc) is 2.79. The third-order valence-corrected chi connectivity index (χ3v) is 4.92. The highest BCUT2D eigenvalue weighted by molar-refractivity contribution is 6.28. The van der Waals surface area contributed by atoms with Gasteiger partial charge in [-0.3, -0.25) is 9.59 Å². The van der Waals surface area contributed by atoms with Gasteiger partial charge in [-0.25, -0.2) is 0 Å². The normalized spacial score (nSPS) is 12.1. The zero-order valence-electron chi connectivity index (χ0n) is 15.9. The van der Waals surface area contributed by atoms with Crippen LogP contribution in [0.2, 0.25) is 0 Å². The molecule has 1 aliphatic carbocycles. The molecule has 5 rings (SSSR count). The van der Waals surface area contributed by atoms with Crippen molar-refractivity contribution in [3.63, 3.8) is 0 Å². The summed E-state index contributed by atoms with van der Waals surface area (Å²) in [5.41, 5.74) is 1.42. The molecule has 0 amide bonds. The Balaban J connectivity index is 1.48. The van der Waals surface area contributed by atoms with E-state index in [1.807, 2.05) is 60.7 Å². The van der Waals surface area contributed by atoms with Crippen LogP contribution in [-0.4, -0.2) is 11.6 Å². The topological polar surface area (TPSA) is 52.6 Å². The Kier molecular flexibility index (Phi) is 4.37. The van der Waals surface area contributed by atoms with E-state index in [9.17, 15) is 9.59 Å². The van der Waals surface area contributed by atoms with Gasteiger partial charge >= 0.3 is 0 Å². The van der Waals surface area contributed by atoms with E-state index in [0.29, 0.717) is 45.3 Å². The number of benzene rings is 4. The van der Waals surface area contributed by atoms with Crippen LogP contribution in [0, 0.1) is 0 Å². The Bertz CT molecular complexity index is 1160. The molecular weight excluding hydrogens is 376 g/mol. The summed E-state index contributed by atoms with van der Waals surface area (Å²) in [5.74, 6) is 1.93. The van der Waals surface area contributed by atoms with Crippen LogP contribution in [0.4, 0.5) is 0 Å². The summed E-state index contributed by atoms with van der Waals surface area (Å²) in [7, 11) is 0.